The molecule has 0 aliphatic carbocycles. The predicted octanol–water partition coefficient (Wildman–Crippen LogP) is 1.78. The van der Waals surface area contributed by atoms with Gasteiger partial charge in [-0.3, -0.25) is 4.79 Å². The smallest absolute Gasteiger partial charge is 0.259 e. The first-order valence-corrected chi connectivity index (χ1v) is 4.01. The van der Waals surface area contributed by atoms with E-state index in [1.807, 2.05) is 0 Å². The van der Waals surface area contributed by atoms with Crippen molar-refractivity contribution in [3.63, 3.8) is 0 Å². The summed E-state index contributed by atoms with van der Waals surface area (Å²) in [4.78, 5) is 17.6. The predicted molar refractivity (Wildman–Crippen MR) is 52.9 cm³/mol. The molecule has 0 aliphatic heterocycles. The number of aromatic nitrogens is 2. The molecule has 12 heavy (non-hydrogen) atoms. The van der Waals surface area contributed by atoms with Crippen LogP contribution < -0.4 is 5.56 Å². The molecular formula is C8H7BrN2O. The van der Waals surface area contributed by atoms with Crippen molar-refractivity contribution in [2.75, 3.05) is 0 Å². The topological polar surface area (TPSA) is 45.8 Å². The van der Waals surface area contributed by atoms with Crippen molar-refractivity contribution in [2.24, 2.45) is 0 Å². The average Bonchev–Trinajstić information content (AvgIpc) is 2.03. The quantitative estimate of drug-likeness (QED) is 0.836. The van der Waals surface area contributed by atoms with E-state index < -0.39 is 0 Å². The van der Waals surface area contributed by atoms with E-state index in [1.54, 1.807) is 0 Å². The van der Waals surface area contributed by atoms with Crippen LogP contribution in [0.3, 0.4) is 0 Å². The Labute approximate surface area is 78.0 Å². The van der Waals surface area contributed by atoms with Gasteiger partial charge in [0.2, 0.25) is 0 Å². The molecule has 4 heteroatoms. The van der Waals surface area contributed by atoms with Gasteiger partial charge in [0.05, 0.1) is 17.6 Å². The van der Waals surface area contributed by atoms with Gasteiger partial charge in [-0.2, -0.15) is 0 Å². The van der Waals surface area contributed by atoms with Gasteiger partial charge in [-0.05, 0) is 6.08 Å². The zero-order valence-electron chi connectivity index (χ0n) is 6.30. The van der Waals surface area contributed by atoms with Gasteiger partial charge in [-0.15, -0.1) is 0 Å². The molecule has 0 aliphatic rings. The molecule has 0 unspecified atom stereocenters. The first-order valence-electron chi connectivity index (χ1n) is 3.21. The number of hydrogen-bond donors (Lipinski definition) is 1. The third-order valence-electron chi connectivity index (χ3n) is 1.35. The van der Waals surface area contributed by atoms with E-state index in [9.17, 15) is 4.79 Å². The van der Waals surface area contributed by atoms with E-state index in [1.165, 1.54) is 12.4 Å². The van der Waals surface area contributed by atoms with Crippen LogP contribution in [0.1, 0.15) is 11.3 Å². The minimum atomic E-state index is -0.221. The van der Waals surface area contributed by atoms with Crippen LogP contribution in [0.5, 0.6) is 0 Å². The molecule has 0 saturated carbocycles. The molecule has 62 valence electrons. The van der Waals surface area contributed by atoms with Crippen molar-refractivity contribution < 1.29 is 0 Å². The second-order valence-electron chi connectivity index (χ2n) is 2.10. The number of rotatable bonds is 2. The second kappa shape index (κ2) is 3.49. The number of halogens is 1. The van der Waals surface area contributed by atoms with E-state index >= 15 is 0 Å². The summed E-state index contributed by atoms with van der Waals surface area (Å²) in [5.74, 6) is 0. The molecular weight excluding hydrogens is 220 g/mol. The lowest BCUT2D eigenvalue weighted by Crippen LogP contribution is -2.12. The lowest BCUT2D eigenvalue weighted by atomic mass is 10.2. The monoisotopic (exact) mass is 226 g/mol. The number of nitrogens with one attached hydrogen (secondary N) is 1. The molecule has 1 heterocycles. The van der Waals surface area contributed by atoms with E-state index in [0.29, 0.717) is 15.7 Å². The summed E-state index contributed by atoms with van der Waals surface area (Å²) in [5.41, 5.74) is 0.731. The van der Waals surface area contributed by atoms with Gasteiger partial charge >= 0.3 is 0 Å². The Balaban J connectivity index is 3.50. The average molecular weight is 227 g/mol. The summed E-state index contributed by atoms with van der Waals surface area (Å²) in [5, 5.41) is 0. The highest BCUT2D eigenvalue weighted by atomic mass is 79.9. The number of hydrogen-bond acceptors (Lipinski definition) is 2. The molecule has 0 radical (unpaired) electrons. The molecule has 3 nitrogen and oxygen atoms in total. The van der Waals surface area contributed by atoms with Gasteiger partial charge in [0.25, 0.3) is 5.56 Å². The van der Waals surface area contributed by atoms with Crippen molar-refractivity contribution in [1.29, 1.82) is 0 Å². The molecule has 0 fully saturated rings. The molecule has 0 aromatic carbocycles. The van der Waals surface area contributed by atoms with Crippen molar-refractivity contribution in [2.45, 2.75) is 0 Å². The summed E-state index contributed by atoms with van der Waals surface area (Å²) in [6.45, 7) is 7.14. The van der Waals surface area contributed by atoms with E-state index in [2.05, 4.69) is 39.1 Å². The first-order chi connectivity index (χ1) is 5.66. The Morgan fingerprint density at radius 3 is 2.83 bits per heavy atom. The summed E-state index contributed by atoms with van der Waals surface area (Å²) in [7, 11) is 0. The fourth-order valence-corrected chi connectivity index (χ4v) is 1.21. The van der Waals surface area contributed by atoms with E-state index in [-0.39, 0.29) is 5.56 Å². The van der Waals surface area contributed by atoms with Crippen LogP contribution in [0.15, 0.2) is 24.3 Å². The van der Waals surface area contributed by atoms with Crippen LogP contribution in [0.4, 0.5) is 0 Å². The van der Waals surface area contributed by atoms with Crippen LogP contribution in [-0.4, -0.2) is 9.97 Å². The molecule has 1 N–H and O–H groups in total. The second-order valence-corrected chi connectivity index (χ2v) is 3.06. The van der Waals surface area contributed by atoms with Crippen molar-refractivity contribution in [3.8, 4) is 0 Å². The number of nitrogens with zero attached hydrogens (tertiary/aromatic N) is 1. The first kappa shape index (κ1) is 8.93. The molecule has 1 aromatic rings. The maximum atomic E-state index is 11.2. The number of aromatic amines is 1. The Morgan fingerprint density at radius 1 is 1.75 bits per heavy atom. The molecule has 0 amide bonds. The Kier molecular flexibility index (Phi) is 2.60. The standard InChI is InChI=1S/C8H7BrN2O/c1-3-6-7(5(2)9)8(12)11-4-10-6/h3-4H,1-2H2,(H,10,11,12). The maximum Gasteiger partial charge on any atom is 0.259 e. The molecule has 1 rings (SSSR count). The molecule has 0 atom stereocenters. The molecule has 0 saturated heterocycles. The largest absolute Gasteiger partial charge is 0.313 e. The zero-order chi connectivity index (χ0) is 9.14. The highest BCUT2D eigenvalue weighted by Gasteiger charge is 2.06. The van der Waals surface area contributed by atoms with Crippen LogP contribution in [-0.2, 0) is 0 Å². The summed E-state index contributed by atoms with van der Waals surface area (Å²) >= 11 is 3.12. The van der Waals surface area contributed by atoms with Crippen LogP contribution in [0.25, 0.3) is 10.6 Å². The third-order valence-corrected chi connectivity index (χ3v) is 1.74. The van der Waals surface area contributed by atoms with Gasteiger partial charge in [0.15, 0.2) is 0 Å². The summed E-state index contributed by atoms with van der Waals surface area (Å²) in [6, 6.07) is 0. The van der Waals surface area contributed by atoms with E-state index in [0.717, 1.165) is 0 Å². The Bertz CT molecular complexity index is 381. The Morgan fingerprint density at radius 2 is 2.42 bits per heavy atom. The highest BCUT2D eigenvalue weighted by Crippen LogP contribution is 2.17. The maximum absolute atomic E-state index is 11.2. The van der Waals surface area contributed by atoms with Crippen LogP contribution >= 0.6 is 15.9 Å². The fraction of sp³-hybridized carbons (Fsp3) is 0. The lowest BCUT2D eigenvalue weighted by molar-refractivity contribution is 1.09. The van der Waals surface area contributed by atoms with Crippen molar-refractivity contribution >= 4 is 26.5 Å². The van der Waals surface area contributed by atoms with Crippen LogP contribution in [0, 0.1) is 0 Å². The SMILES string of the molecule is C=Cc1nc[nH]c(=O)c1C(=C)Br. The summed E-state index contributed by atoms with van der Waals surface area (Å²) < 4.78 is 0.506. The van der Waals surface area contributed by atoms with Gasteiger partial charge in [0.1, 0.15) is 0 Å². The molecule has 0 spiro atoms. The van der Waals surface area contributed by atoms with Gasteiger partial charge in [0, 0.05) is 4.48 Å². The molecule has 1 aromatic heterocycles. The third kappa shape index (κ3) is 1.53. The van der Waals surface area contributed by atoms with Crippen molar-refractivity contribution in [3.05, 3.63) is 41.1 Å². The van der Waals surface area contributed by atoms with Crippen LogP contribution in [0.2, 0.25) is 0 Å². The fourth-order valence-electron chi connectivity index (χ4n) is 0.830. The van der Waals surface area contributed by atoms with Gasteiger partial charge < -0.3 is 4.98 Å². The lowest BCUT2D eigenvalue weighted by Gasteiger charge is -1.99. The number of H-pyrrole nitrogens is 1. The summed E-state index contributed by atoms with van der Waals surface area (Å²) in [6.07, 6.45) is 2.84. The van der Waals surface area contributed by atoms with Crippen molar-refractivity contribution in [1.82, 2.24) is 9.97 Å². The minimum absolute atomic E-state index is 0.221. The molecule has 0 bridgehead atoms. The minimum Gasteiger partial charge on any atom is -0.313 e. The Hall–Kier alpha value is -1.16. The van der Waals surface area contributed by atoms with E-state index in [4.69, 9.17) is 0 Å². The van der Waals surface area contributed by atoms with Gasteiger partial charge in [-0.1, -0.05) is 29.1 Å². The van der Waals surface area contributed by atoms with Gasteiger partial charge in [-0.25, -0.2) is 4.98 Å². The zero-order valence-corrected chi connectivity index (χ0v) is 7.89. The normalized spacial score (nSPS) is 9.42. The highest BCUT2D eigenvalue weighted by molar-refractivity contribution is 9.15.